The fraction of sp³-hybridized carbons (Fsp3) is 0.643. The summed E-state index contributed by atoms with van der Waals surface area (Å²) in [6, 6.07) is 5.19. The molecule has 196 valence electrons. The van der Waals surface area contributed by atoms with Gasteiger partial charge in [0.05, 0.1) is 5.69 Å². The number of fused-ring (bicyclic) bond motifs is 2. The van der Waals surface area contributed by atoms with Crippen molar-refractivity contribution in [2.45, 2.75) is 72.1 Å². The van der Waals surface area contributed by atoms with E-state index < -0.39 is 11.9 Å². The zero-order valence-electron chi connectivity index (χ0n) is 22.0. The monoisotopic (exact) mass is 496 g/mol. The third kappa shape index (κ3) is 5.13. The van der Waals surface area contributed by atoms with Gasteiger partial charge in [0.25, 0.3) is 5.91 Å². The predicted octanol–water partition coefficient (Wildman–Crippen LogP) is 4.34. The number of nitrogens with one attached hydrogen (secondary N) is 1. The molecule has 2 amide bonds. The maximum absolute atomic E-state index is 13.0. The Kier molecular flexibility index (Phi) is 7.71. The minimum Gasteiger partial charge on any atom is -0.481 e. The summed E-state index contributed by atoms with van der Waals surface area (Å²) in [5, 5.41) is 12.8. The van der Waals surface area contributed by atoms with E-state index in [0.717, 1.165) is 30.6 Å². The van der Waals surface area contributed by atoms with Crippen molar-refractivity contribution >= 4 is 23.4 Å². The molecule has 2 aliphatic carbocycles. The Morgan fingerprint density at radius 1 is 1.22 bits per heavy atom. The number of imidazole rings is 1. The standard InChI is InChI=1S/C28H40N4O4/c1-5-31(6-2)25(33)14-21(27(35)36)22-17-32-23(10-7-11-24(32)30-22)26(34)29-12-8-9-19-13-20-16-28(20,15-19)18(3)4/h7,10-11,17-21H,5-6,8-9,12-16H2,1-4H3,(H,29,34)(H,35,36). The van der Waals surface area contributed by atoms with Crippen LogP contribution >= 0.6 is 0 Å². The Balaban J connectivity index is 1.37. The van der Waals surface area contributed by atoms with Crippen LogP contribution in [0.3, 0.4) is 0 Å². The van der Waals surface area contributed by atoms with Crippen molar-refractivity contribution < 1.29 is 19.5 Å². The van der Waals surface area contributed by atoms with E-state index in [9.17, 15) is 19.5 Å². The first-order chi connectivity index (χ1) is 17.2. The Morgan fingerprint density at radius 3 is 2.61 bits per heavy atom. The molecule has 36 heavy (non-hydrogen) atoms. The molecule has 2 aromatic rings. The van der Waals surface area contributed by atoms with Crippen molar-refractivity contribution in [2.75, 3.05) is 19.6 Å². The minimum atomic E-state index is -1.10. The van der Waals surface area contributed by atoms with E-state index in [-0.39, 0.29) is 23.9 Å². The highest BCUT2D eigenvalue weighted by Gasteiger charge is 2.60. The smallest absolute Gasteiger partial charge is 0.313 e. The summed E-state index contributed by atoms with van der Waals surface area (Å²) >= 11 is 0. The average Bonchev–Trinajstić information content (AvgIpc) is 3.20. The number of aromatic nitrogens is 2. The summed E-state index contributed by atoms with van der Waals surface area (Å²) < 4.78 is 1.62. The van der Waals surface area contributed by atoms with Crippen LogP contribution in [0.2, 0.25) is 0 Å². The molecule has 8 nitrogen and oxygen atoms in total. The maximum atomic E-state index is 13.0. The van der Waals surface area contributed by atoms with Gasteiger partial charge in [-0.2, -0.15) is 0 Å². The first-order valence-corrected chi connectivity index (χ1v) is 13.5. The molecule has 0 radical (unpaired) electrons. The summed E-state index contributed by atoms with van der Waals surface area (Å²) in [4.78, 5) is 43.6. The second kappa shape index (κ2) is 10.6. The van der Waals surface area contributed by atoms with Gasteiger partial charge in [-0.05, 0) is 81.3 Å². The van der Waals surface area contributed by atoms with E-state index >= 15 is 0 Å². The first kappa shape index (κ1) is 26.2. The maximum Gasteiger partial charge on any atom is 0.313 e. The normalized spacial score (nSPS) is 23.5. The molecule has 2 aliphatic rings. The van der Waals surface area contributed by atoms with Crippen LogP contribution in [0.1, 0.15) is 88.3 Å². The topological polar surface area (TPSA) is 104 Å². The molecular formula is C28H40N4O4. The number of hydrogen-bond acceptors (Lipinski definition) is 4. The number of hydrogen-bond donors (Lipinski definition) is 2. The Labute approximate surface area is 213 Å². The fourth-order valence-corrected chi connectivity index (χ4v) is 6.42. The first-order valence-electron chi connectivity index (χ1n) is 13.5. The number of nitrogens with zero attached hydrogens (tertiary/aromatic N) is 3. The van der Waals surface area contributed by atoms with Gasteiger partial charge in [-0.25, -0.2) is 4.98 Å². The van der Waals surface area contributed by atoms with E-state index in [4.69, 9.17) is 0 Å². The van der Waals surface area contributed by atoms with E-state index in [0.29, 0.717) is 36.4 Å². The van der Waals surface area contributed by atoms with Crippen molar-refractivity contribution in [3.05, 3.63) is 35.8 Å². The lowest BCUT2D eigenvalue weighted by atomic mass is 9.86. The number of carbonyl (C=O) groups is 3. The molecule has 2 fully saturated rings. The van der Waals surface area contributed by atoms with Crippen molar-refractivity contribution in [3.63, 3.8) is 0 Å². The summed E-state index contributed by atoms with van der Waals surface area (Å²) in [5.74, 6) is -0.139. The van der Waals surface area contributed by atoms with Crippen LogP contribution in [-0.2, 0) is 9.59 Å². The molecule has 2 saturated carbocycles. The number of aliphatic carboxylic acids is 1. The third-order valence-electron chi connectivity index (χ3n) is 8.68. The summed E-state index contributed by atoms with van der Waals surface area (Å²) in [6.07, 6.45) is 7.59. The molecule has 8 heteroatoms. The molecule has 2 N–H and O–H groups in total. The van der Waals surface area contributed by atoms with Crippen LogP contribution in [-0.4, -0.2) is 56.8 Å². The number of pyridine rings is 1. The number of amides is 2. The van der Waals surface area contributed by atoms with E-state index in [1.807, 2.05) is 13.8 Å². The molecule has 2 aromatic heterocycles. The van der Waals surface area contributed by atoms with Crippen molar-refractivity contribution in [3.8, 4) is 0 Å². The van der Waals surface area contributed by atoms with Crippen LogP contribution in [0.15, 0.2) is 24.4 Å². The Hall–Kier alpha value is -2.90. The predicted molar refractivity (Wildman–Crippen MR) is 138 cm³/mol. The van der Waals surface area contributed by atoms with Crippen LogP contribution in [0.4, 0.5) is 0 Å². The van der Waals surface area contributed by atoms with Gasteiger partial charge in [-0.1, -0.05) is 19.9 Å². The second-order valence-corrected chi connectivity index (χ2v) is 11.0. The largest absolute Gasteiger partial charge is 0.481 e. The molecule has 0 aromatic carbocycles. The molecule has 4 atom stereocenters. The van der Waals surface area contributed by atoms with Crippen molar-refractivity contribution in [1.29, 1.82) is 0 Å². The zero-order chi connectivity index (χ0) is 26.0. The molecule has 4 rings (SSSR count). The molecule has 0 aliphatic heterocycles. The van der Waals surface area contributed by atoms with Gasteiger partial charge in [0, 0.05) is 32.3 Å². The van der Waals surface area contributed by atoms with Gasteiger partial charge in [0.1, 0.15) is 17.3 Å². The van der Waals surface area contributed by atoms with Crippen molar-refractivity contribution in [1.82, 2.24) is 19.6 Å². The van der Waals surface area contributed by atoms with Gasteiger partial charge in [-0.15, -0.1) is 0 Å². The lowest BCUT2D eigenvalue weighted by Crippen LogP contribution is -2.32. The van der Waals surface area contributed by atoms with Crippen molar-refractivity contribution in [2.24, 2.45) is 23.2 Å². The van der Waals surface area contributed by atoms with Gasteiger partial charge < -0.3 is 15.3 Å². The fourth-order valence-electron chi connectivity index (χ4n) is 6.42. The summed E-state index contributed by atoms with van der Waals surface area (Å²) in [7, 11) is 0. The van der Waals surface area contributed by atoms with Gasteiger partial charge >= 0.3 is 5.97 Å². The second-order valence-electron chi connectivity index (χ2n) is 11.0. The Morgan fingerprint density at radius 2 is 1.97 bits per heavy atom. The van der Waals surface area contributed by atoms with Crippen LogP contribution in [0.5, 0.6) is 0 Å². The number of carboxylic acid groups (broad SMARTS) is 1. The van der Waals surface area contributed by atoms with Crippen LogP contribution in [0, 0.1) is 23.2 Å². The van der Waals surface area contributed by atoms with Crippen LogP contribution < -0.4 is 5.32 Å². The number of carbonyl (C=O) groups excluding carboxylic acids is 2. The highest BCUT2D eigenvalue weighted by Crippen LogP contribution is 2.69. The highest BCUT2D eigenvalue weighted by atomic mass is 16.4. The average molecular weight is 497 g/mol. The van der Waals surface area contributed by atoms with E-state index in [1.165, 1.54) is 19.3 Å². The molecule has 0 bridgehead atoms. The minimum absolute atomic E-state index is 0.164. The van der Waals surface area contributed by atoms with Gasteiger partial charge in [0.2, 0.25) is 5.91 Å². The lowest BCUT2D eigenvalue weighted by molar-refractivity contribution is -0.142. The van der Waals surface area contributed by atoms with Crippen LogP contribution in [0.25, 0.3) is 5.65 Å². The number of rotatable bonds is 12. The molecule has 2 heterocycles. The van der Waals surface area contributed by atoms with Gasteiger partial charge in [-0.3, -0.25) is 18.8 Å². The molecular weight excluding hydrogens is 456 g/mol. The van der Waals surface area contributed by atoms with Gasteiger partial charge in [0.15, 0.2) is 0 Å². The quantitative estimate of drug-likeness (QED) is 0.425. The van der Waals surface area contributed by atoms with E-state index in [1.54, 1.807) is 33.7 Å². The number of carboxylic acids is 1. The lowest BCUT2D eigenvalue weighted by Gasteiger charge is -2.20. The summed E-state index contributed by atoms with van der Waals surface area (Å²) in [5.41, 5.74) is 1.78. The Bertz CT molecular complexity index is 1120. The van der Waals surface area contributed by atoms with E-state index in [2.05, 4.69) is 24.1 Å². The molecule has 0 saturated heterocycles. The highest BCUT2D eigenvalue weighted by molar-refractivity contribution is 5.93. The molecule has 4 unspecified atom stereocenters. The summed E-state index contributed by atoms with van der Waals surface area (Å²) in [6.45, 7) is 10.1. The molecule has 0 spiro atoms. The zero-order valence-corrected chi connectivity index (χ0v) is 22.0. The third-order valence-corrected chi connectivity index (χ3v) is 8.68. The SMILES string of the molecule is CCN(CC)C(=O)CC(C(=O)O)c1cn2c(C(=O)NCCCC3CC4CC4(C(C)C)C3)cccc2n1.